The number of nitriles is 1. The third kappa shape index (κ3) is 2.33. The lowest BCUT2D eigenvalue weighted by molar-refractivity contribution is 0.122. The van der Waals surface area contributed by atoms with Crippen molar-refractivity contribution in [2.45, 2.75) is 13.0 Å². The van der Waals surface area contributed by atoms with E-state index in [1.807, 2.05) is 0 Å². The predicted octanol–water partition coefficient (Wildman–Crippen LogP) is 1.44. The number of fused-ring (bicyclic) bond motifs is 1. The number of rotatable bonds is 1. The van der Waals surface area contributed by atoms with E-state index in [4.69, 9.17) is 17.0 Å². The van der Waals surface area contributed by atoms with Gasteiger partial charge in [-0.15, -0.1) is 0 Å². The third-order valence-electron chi connectivity index (χ3n) is 4.02. The van der Waals surface area contributed by atoms with Crippen molar-refractivity contribution in [3.05, 3.63) is 21.3 Å². The second-order valence-electron chi connectivity index (χ2n) is 5.33. The molecule has 0 spiro atoms. The van der Waals surface area contributed by atoms with Gasteiger partial charge in [-0.2, -0.15) is 5.26 Å². The van der Waals surface area contributed by atoms with Crippen molar-refractivity contribution >= 4 is 18.0 Å². The van der Waals surface area contributed by atoms with Crippen molar-refractivity contribution in [2.24, 2.45) is 0 Å². The number of H-pyrrole nitrogens is 1. The summed E-state index contributed by atoms with van der Waals surface area (Å²) in [5.74, 6) is 1.08. The normalized spacial score (nSPS) is 19.5. The fraction of sp³-hybridized carbons (Fsp3) is 0.571. The molecule has 6 heteroatoms. The summed E-state index contributed by atoms with van der Waals surface area (Å²) < 4.78 is 5.98. The van der Waals surface area contributed by atoms with Gasteiger partial charge in [-0.1, -0.05) is 12.2 Å². The quantitative estimate of drug-likeness (QED) is 0.793. The Kier molecular flexibility index (Phi) is 3.74. The van der Waals surface area contributed by atoms with E-state index in [1.54, 1.807) is 0 Å². The Hall–Kier alpha value is -1.42. The molecule has 0 amide bonds. The number of pyridine rings is 1. The molecule has 3 rings (SSSR count). The van der Waals surface area contributed by atoms with Crippen LogP contribution in [0.4, 0.5) is 5.82 Å². The van der Waals surface area contributed by atoms with E-state index in [1.165, 1.54) is 5.56 Å². The van der Waals surface area contributed by atoms with Crippen molar-refractivity contribution in [1.82, 2.24) is 9.88 Å². The first kappa shape index (κ1) is 13.6. The Labute approximate surface area is 123 Å². The van der Waals surface area contributed by atoms with Gasteiger partial charge in [0, 0.05) is 31.7 Å². The molecule has 1 aromatic rings. The molecule has 5 nitrogen and oxygen atoms in total. The van der Waals surface area contributed by atoms with Crippen LogP contribution in [-0.2, 0) is 17.7 Å². The molecule has 20 heavy (non-hydrogen) atoms. The van der Waals surface area contributed by atoms with Gasteiger partial charge >= 0.3 is 0 Å². The maximum Gasteiger partial charge on any atom is 0.123 e. The van der Waals surface area contributed by atoms with Crippen LogP contribution in [0.25, 0.3) is 0 Å². The van der Waals surface area contributed by atoms with E-state index in [-0.39, 0.29) is 0 Å². The van der Waals surface area contributed by atoms with Crippen LogP contribution in [0.2, 0.25) is 0 Å². The highest BCUT2D eigenvalue weighted by molar-refractivity contribution is 7.71. The number of hydrogen-bond donors (Lipinski definition) is 1. The highest BCUT2D eigenvalue weighted by atomic mass is 32.1. The molecule has 0 aliphatic carbocycles. The van der Waals surface area contributed by atoms with Crippen molar-refractivity contribution < 1.29 is 4.74 Å². The van der Waals surface area contributed by atoms with Gasteiger partial charge in [0.25, 0.3) is 0 Å². The number of hydrogen-bond acceptors (Lipinski definition) is 5. The molecule has 0 atom stereocenters. The molecule has 0 radical (unpaired) electrons. The SMILES string of the molecule is CN1CCc2c(c(N3CCOCC3)[nH]c(=S)c2C#N)C1. The number of nitrogens with zero attached hydrogens (tertiary/aromatic N) is 3. The molecule has 0 unspecified atom stereocenters. The van der Waals surface area contributed by atoms with Gasteiger partial charge in [-0.25, -0.2) is 0 Å². The van der Waals surface area contributed by atoms with Crippen molar-refractivity contribution in [3.8, 4) is 6.07 Å². The minimum atomic E-state index is 0.567. The minimum absolute atomic E-state index is 0.567. The molecule has 1 saturated heterocycles. The van der Waals surface area contributed by atoms with E-state index >= 15 is 0 Å². The molecule has 0 bridgehead atoms. The van der Waals surface area contributed by atoms with Gasteiger partial charge in [0.05, 0.1) is 18.8 Å². The van der Waals surface area contributed by atoms with Gasteiger partial charge in [0.2, 0.25) is 0 Å². The fourth-order valence-corrected chi connectivity index (χ4v) is 3.21. The van der Waals surface area contributed by atoms with E-state index in [2.05, 4.69) is 27.9 Å². The van der Waals surface area contributed by atoms with E-state index in [9.17, 15) is 5.26 Å². The van der Waals surface area contributed by atoms with Crippen LogP contribution in [0.3, 0.4) is 0 Å². The summed E-state index contributed by atoms with van der Waals surface area (Å²) in [4.78, 5) is 7.85. The largest absolute Gasteiger partial charge is 0.378 e. The molecule has 1 fully saturated rings. The highest BCUT2D eigenvalue weighted by Gasteiger charge is 2.25. The van der Waals surface area contributed by atoms with Crippen LogP contribution in [0.5, 0.6) is 0 Å². The van der Waals surface area contributed by atoms with Crippen LogP contribution < -0.4 is 4.90 Å². The molecule has 2 aliphatic rings. The zero-order chi connectivity index (χ0) is 14.1. The van der Waals surface area contributed by atoms with Crippen LogP contribution in [0.1, 0.15) is 16.7 Å². The molecule has 1 N–H and O–H groups in total. The monoisotopic (exact) mass is 290 g/mol. The average Bonchev–Trinajstić information content (AvgIpc) is 2.48. The van der Waals surface area contributed by atoms with Crippen LogP contribution >= 0.6 is 12.2 Å². The summed E-state index contributed by atoms with van der Waals surface area (Å²) in [5, 5.41) is 9.36. The number of morpholine rings is 1. The van der Waals surface area contributed by atoms with Crippen LogP contribution in [0.15, 0.2) is 0 Å². The van der Waals surface area contributed by atoms with Gasteiger partial charge < -0.3 is 19.5 Å². The molecular formula is C14H18N4OS. The molecule has 0 saturated carbocycles. The Bertz CT molecular complexity index is 613. The smallest absolute Gasteiger partial charge is 0.123 e. The number of ether oxygens (including phenoxy) is 1. The van der Waals surface area contributed by atoms with Crippen LogP contribution in [-0.4, -0.2) is 49.8 Å². The number of aromatic nitrogens is 1. The van der Waals surface area contributed by atoms with Crippen molar-refractivity contribution in [2.75, 3.05) is 44.8 Å². The summed E-state index contributed by atoms with van der Waals surface area (Å²) in [6, 6.07) is 2.27. The minimum Gasteiger partial charge on any atom is -0.378 e. The Balaban J connectivity index is 2.12. The van der Waals surface area contributed by atoms with Gasteiger partial charge in [0.1, 0.15) is 16.5 Å². The van der Waals surface area contributed by atoms with Crippen LogP contribution in [0, 0.1) is 16.0 Å². The summed E-state index contributed by atoms with van der Waals surface area (Å²) in [5.41, 5.74) is 3.02. The van der Waals surface area contributed by atoms with E-state index in [0.29, 0.717) is 10.2 Å². The second kappa shape index (κ2) is 5.52. The van der Waals surface area contributed by atoms with Gasteiger partial charge in [-0.3, -0.25) is 0 Å². The average molecular weight is 290 g/mol. The van der Waals surface area contributed by atoms with Crippen molar-refractivity contribution in [1.29, 1.82) is 5.26 Å². The van der Waals surface area contributed by atoms with Gasteiger partial charge in [-0.05, 0) is 19.0 Å². The molecule has 1 aromatic heterocycles. The maximum absolute atomic E-state index is 9.36. The predicted molar refractivity (Wildman–Crippen MR) is 79.4 cm³/mol. The molecule has 2 aliphatic heterocycles. The van der Waals surface area contributed by atoms with Crippen molar-refractivity contribution in [3.63, 3.8) is 0 Å². The third-order valence-corrected chi connectivity index (χ3v) is 4.33. The molecule has 0 aromatic carbocycles. The summed E-state index contributed by atoms with van der Waals surface area (Å²) in [6.45, 7) is 5.06. The maximum atomic E-state index is 9.36. The molecule has 106 valence electrons. The number of likely N-dealkylation sites (N-methyl/N-ethyl adjacent to an activating group) is 1. The summed E-state index contributed by atoms with van der Waals surface area (Å²) in [6.07, 6.45) is 0.893. The lowest BCUT2D eigenvalue weighted by atomic mass is 9.96. The zero-order valence-corrected chi connectivity index (χ0v) is 12.4. The van der Waals surface area contributed by atoms with Gasteiger partial charge in [0.15, 0.2) is 0 Å². The number of aromatic amines is 1. The standard InChI is InChI=1S/C14H18N4OS/c1-17-3-2-10-11(8-15)14(20)16-13(12(10)9-17)18-4-6-19-7-5-18/h2-7,9H2,1H3,(H,16,20). The molecular weight excluding hydrogens is 272 g/mol. The summed E-state index contributed by atoms with van der Waals surface area (Å²) in [7, 11) is 2.11. The lowest BCUT2D eigenvalue weighted by Gasteiger charge is -2.34. The lowest BCUT2D eigenvalue weighted by Crippen LogP contribution is -2.39. The second-order valence-corrected chi connectivity index (χ2v) is 5.74. The first-order valence-electron chi connectivity index (χ1n) is 6.90. The Morgan fingerprint density at radius 3 is 2.70 bits per heavy atom. The Morgan fingerprint density at radius 2 is 2.00 bits per heavy atom. The number of nitrogens with one attached hydrogen (secondary N) is 1. The zero-order valence-electron chi connectivity index (χ0n) is 11.6. The highest BCUT2D eigenvalue weighted by Crippen LogP contribution is 2.30. The topological polar surface area (TPSA) is 55.3 Å². The fourth-order valence-electron chi connectivity index (χ4n) is 2.95. The first-order valence-corrected chi connectivity index (χ1v) is 7.31. The summed E-state index contributed by atoms with van der Waals surface area (Å²) >= 11 is 5.37. The molecule has 3 heterocycles. The number of anilines is 1. The van der Waals surface area contributed by atoms with E-state index < -0.39 is 0 Å². The first-order chi connectivity index (χ1) is 9.70. The van der Waals surface area contributed by atoms with E-state index in [0.717, 1.165) is 57.2 Å². The Morgan fingerprint density at radius 1 is 1.25 bits per heavy atom.